The highest BCUT2D eigenvalue weighted by Gasteiger charge is 2.37. The molecule has 2 heterocycles. The first-order valence-electron chi connectivity index (χ1n) is 9.36. The standard InChI is InChI=1S/C21H23N3O3S/c22-20-16(14-15-6-2-1-3-7-15)8-5-13-24(20)28(26,27)19-10-4-9-18-17(19)11-12-23-21(18)25/h1-4,6-7,9-12,16,20H,5,8,13-14,22H2,(H,23,25). The van der Waals surface area contributed by atoms with Gasteiger partial charge in [0, 0.05) is 23.5 Å². The molecule has 0 radical (unpaired) electrons. The zero-order chi connectivity index (χ0) is 19.7. The Hall–Kier alpha value is -2.48. The van der Waals surface area contributed by atoms with Gasteiger partial charge < -0.3 is 10.8 Å². The van der Waals surface area contributed by atoms with Crippen LogP contribution in [0.2, 0.25) is 0 Å². The van der Waals surface area contributed by atoms with E-state index < -0.39 is 16.2 Å². The number of hydrogen-bond donors (Lipinski definition) is 2. The Kier molecular flexibility index (Phi) is 5.05. The minimum absolute atomic E-state index is 0.0518. The molecule has 2 aromatic carbocycles. The summed E-state index contributed by atoms with van der Waals surface area (Å²) in [6.45, 7) is 0.391. The SMILES string of the molecule is NC1C(Cc2ccccc2)CCCN1S(=O)(=O)c1cccc2c(O)nccc12. The van der Waals surface area contributed by atoms with Crippen molar-refractivity contribution in [2.24, 2.45) is 11.7 Å². The molecule has 6 nitrogen and oxygen atoms in total. The molecule has 28 heavy (non-hydrogen) atoms. The van der Waals surface area contributed by atoms with Crippen LogP contribution in [0.1, 0.15) is 18.4 Å². The first kappa shape index (κ1) is 18.9. The fourth-order valence-corrected chi connectivity index (χ4v) is 5.82. The van der Waals surface area contributed by atoms with E-state index in [1.54, 1.807) is 24.3 Å². The highest BCUT2D eigenvalue weighted by Crippen LogP contribution is 2.33. The Morgan fingerprint density at radius 3 is 2.64 bits per heavy atom. The Morgan fingerprint density at radius 1 is 1.07 bits per heavy atom. The van der Waals surface area contributed by atoms with Crippen LogP contribution in [0.5, 0.6) is 5.88 Å². The van der Waals surface area contributed by atoms with E-state index in [0.717, 1.165) is 24.8 Å². The van der Waals surface area contributed by atoms with Gasteiger partial charge in [0.1, 0.15) is 0 Å². The number of piperidine rings is 1. The fourth-order valence-electron chi connectivity index (χ4n) is 4.00. The number of pyridine rings is 1. The molecule has 0 amide bonds. The molecule has 4 rings (SSSR count). The number of nitrogens with zero attached hydrogens (tertiary/aromatic N) is 2. The van der Waals surface area contributed by atoms with E-state index in [-0.39, 0.29) is 16.7 Å². The van der Waals surface area contributed by atoms with Gasteiger partial charge in [0.2, 0.25) is 15.9 Å². The normalized spacial score (nSPS) is 21.0. The van der Waals surface area contributed by atoms with Gasteiger partial charge in [-0.3, -0.25) is 0 Å². The number of benzene rings is 2. The molecule has 0 aliphatic carbocycles. The third kappa shape index (κ3) is 3.37. The zero-order valence-electron chi connectivity index (χ0n) is 15.4. The van der Waals surface area contributed by atoms with Crippen molar-refractivity contribution >= 4 is 20.8 Å². The summed E-state index contributed by atoms with van der Waals surface area (Å²) < 4.78 is 28.3. The van der Waals surface area contributed by atoms with Gasteiger partial charge in [0.05, 0.1) is 11.1 Å². The van der Waals surface area contributed by atoms with E-state index in [9.17, 15) is 13.5 Å². The average Bonchev–Trinajstić information content (AvgIpc) is 2.70. The molecule has 1 aliphatic heterocycles. The van der Waals surface area contributed by atoms with Crippen molar-refractivity contribution in [3.63, 3.8) is 0 Å². The minimum Gasteiger partial charge on any atom is -0.493 e. The molecule has 1 saturated heterocycles. The highest BCUT2D eigenvalue weighted by molar-refractivity contribution is 7.89. The Morgan fingerprint density at radius 2 is 1.86 bits per heavy atom. The number of hydrogen-bond acceptors (Lipinski definition) is 5. The smallest absolute Gasteiger partial charge is 0.245 e. The second-order valence-corrected chi connectivity index (χ2v) is 9.04. The predicted octanol–water partition coefficient (Wildman–Crippen LogP) is 2.87. The topological polar surface area (TPSA) is 96.5 Å². The fraction of sp³-hybridized carbons (Fsp3) is 0.286. The molecule has 0 spiro atoms. The summed E-state index contributed by atoms with van der Waals surface area (Å²) in [6.07, 6.45) is 3.22. The van der Waals surface area contributed by atoms with Crippen molar-refractivity contribution in [1.29, 1.82) is 0 Å². The molecule has 0 saturated carbocycles. The summed E-state index contributed by atoms with van der Waals surface area (Å²) in [4.78, 5) is 3.99. The van der Waals surface area contributed by atoms with Gasteiger partial charge in [-0.1, -0.05) is 36.4 Å². The summed E-state index contributed by atoms with van der Waals surface area (Å²) >= 11 is 0. The molecule has 2 unspecified atom stereocenters. The molecule has 1 aliphatic rings. The van der Waals surface area contributed by atoms with Gasteiger partial charge in [-0.2, -0.15) is 4.31 Å². The van der Waals surface area contributed by atoms with Crippen LogP contribution < -0.4 is 5.73 Å². The molecule has 2 atom stereocenters. The summed E-state index contributed by atoms with van der Waals surface area (Å²) in [5, 5.41) is 10.8. The Labute approximate surface area is 164 Å². The first-order valence-corrected chi connectivity index (χ1v) is 10.8. The number of fused-ring (bicyclic) bond motifs is 1. The summed E-state index contributed by atoms with van der Waals surface area (Å²) in [5.41, 5.74) is 7.61. The van der Waals surface area contributed by atoms with Crippen molar-refractivity contribution in [3.05, 3.63) is 66.4 Å². The van der Waals surface area contributed by atoms with Gasteiger partial charge in [-0.05, 0) is 48.9 Å². The van der Waals surface area contributed by atoms with E-state index in [1.807, 2.05) is 30.3 Å². The van der Waals surface area contributed by atoms with Crippen LogP contribution >= 0.6 is 0 Å². The molecule has 1 fully saturated rings. The average molecular weight is 398 g/mol. The van der Waals surface area contributed by atoms with Crippen LogP contribution in [0.4, 0.5) is 0 Å². The number of aromatic nitrogens is 1. The van der Waals surface area contributed by atoms with Crippen molar-refractivity contribution in [1.82, 2.24) is 9.29 Å². The maximum atomic E-state index is 13.5. The molecule has 3 N–H and O–H groups in total. The van der Waals surface area contributed by atoms with Crippen molar-refractivity contribution in [2.75, 3.05) is 6.54 Å². The van der Waals surface area contributed by atoms with Crippen LogP contribution in [0, 0.1) is 5.92 Å². The second kappa shape index (κ2) is 7.50. The molecule has 1 aromatic heterocycles. The Bertz CT molecular complexity index is 1090. The Balaban J connectivity index is 1.68. The van der Waals surface area contributed by atoms with Gasteiger partial charge >= 0.3 is 0 Å². The van der Waals surface area contributed by atoms with Crippen molar-refractivity contribution in [3.8, 4) is 5.88 Å². The molecule has 7 heteroatoms. The van der Waals surface area contributed by atoms with Crippen molar-refractivity contribution in [2.45, 2.75) is 30.3 Å². The first-order chi connectivity index (χ1) is 13.5. The monoisotopic (exact) mass is 397 g/mol. The van der Waals surface area contributed by atoms with E-state index in [0.29, 0.717) is 17.3 Å². The quantitative estimate of drug-likeness (QED) is 0.706. The van der Waals surface area contributed by atoms with E-state index in [4.69, 9.17) is 5.73 Å². The lowest BCUT2D eigenvalue weighted by atomic mass is 9.90. The molecule has 146 valence electrons. The van der Waals surface area contributed by atoms with E-state index >= 15 is 0 Å². The van der Waals surface area contributed by atoms with Gasteiger partial charge in [0.25, 0.3) is 0 Å². The largest absolute Gasteiger partial charge is 0.493 e. The molecular weight excluding hydrogens is 374 g/mol. The van der Waals surface area contributed by atoms with E-state index in [2.05, 4.69) is 4.98 Å². The van der Waals surface area contributed by atoms with E-state index in [1.165, 1.54) is 10.5 Å². The zero-order valence-corrected chi connectivity index (χ0v) is 16.2. The maximum Gasteiger partial charge on any atom is 0.245 e. The number of aromatic hydroxyl groups is 1. The van der Waals surface area contributed by atoms with Crippen LogP contribution in [0.25, 0.3) is 10.8 Å². The van der Waals surface area contributed by atoms with Gasteiger partial charge in [-0.25, -0.2) is 13.4 Å². The number of rotatable bonds is 4. The number of sulfonamides is 1. The minimum atomic E-state index is -3.81. The molecular formula is C21H23N3O3S. The highest BCUT2D eigenvalue weighted by atomic mass is 32.2. The van der Waals surface area contributed by atoms with Crippen molar-refractivity contribution < 1.29 is 13.5 Å². The lowest BCUT2D eigenvalue weighted by Gasteiger charge is -2.38. The predicted molar refractivity (Wildman–Crippen MR) is 108 cm³/mol. The lowest BCUT2D eigenvalue weighted by Crippen LogP contribution is -2.53. The molecule has 0 bridgehead atoms. The summed E-state index contributed by atoms with van der Waals surface area (Å²) in [6, 6.07) is 16.5. The second-order valence-electron chi connectivity index (χ2n) is 7.18. The van der Waals surface area contributed by atoms with Crippen LogP contribution in [-0.4, -0.2) is 35.5 Å². The third-order valence-electron chi connectivity index (χ3n) is 5.44. The van der Waals surface area contributed by atoms with Crippen LogP contribution in [0.15, 0.2) is 65.7 Å². The maximum absolute atomic E-state index is 13.5. The summed E-state index contributed by atoms with van der Waals surface area (Å²) in [5.74, 6) is -0.129. The van der Waals surface area contributed by atoms with Gasteiger partial charge in [-0.15, -0.1) is 0 Å². The molecule has 3 aromatic rings. The van der Waals surface area contributed by atoms with Gasteiger partial charge in [0.15, 0.2) is 0 Å². The lowest BCUT2D eigenvalue weighted by molar-refractivity contribution is 0.178. The van der Waals surface area contributed by atoms with Crippen LogP contribution in [0.3, 0.4) is 0 Å². The van der Waals surface area contributed by atoms with Crippen LogP contribution in [-0.2, 0) is 16.4 Å². The number of nitrogens with two attached hydrogens (primary N) is 1. The third-order valence-corrected chi connectivity index (χ3v) is 7.40. The summed E-state index contributed by atoms with van der Waals surface area (Å²) in [7, 11) is -3.81.